The molecule has 3 heteroatoms. The third kappa shape index (κ3) is 1.07. The second kappa shape index (κ2) is 2.27. The van der Waals surface area contributed by atoms with Crippen LogP contribution in [-0.4, -0.2) is 23.5 Å². The first kappa shape index (κ1) is 5.77. The number of aromatic amines is 1. The monoisotopic (exact) mass is 128 g/mol. The summed E-state index contributed by atoms with van der Waals surface area (Å²) in [4.78, 5) is 0. The summed E-state index contributed by atoms with van der Waals surface area (Å²) in [6.07, 6.45) is 1.79. The van der Waals surface area contributed by atoms with Crippen LogP contribution in [-0.2, 0) is 0 Å². The van der Waals surface area contributed by atoms with Gasteiger partial charge in [-0.2, -0.15) is 5.10 Å². The van der Waals surface area contributed by atoms with Crippen molar-refractivity contribution in [1.29, 1.82) is 0 Å². The zero-order valence-corrected chi connectivity index (χ0v) is 5.94. The number of H-pyrrole nitrogens is 1. The first-order valence-electron chi connectivity index (χ1n) is 2.47. The predicted octanol–water partition coefficient (Wildman–Crippen LogP) is 0.776. The highest BCUT2D eigenvalue weighted by Crippen LogP contribution is 2.20. The Morgan fingerprint density at radius 3 is 2.62 bits per heavy atom. The molecule has 0 atom stereocenters. The van der Waals surface area contributed by atoms with E-state index in [1.54, 1.807) is 6.20 Å². The molecule has 0 unspecified atom stereocenters. The summed E-state index contributed by atoms with van der Waals surface area (Å²) in [5, 5.41) is 6.75. The van der Waals surface area contributed by atoms with E-state index in [4.69, 9.17) is 0 Å². The Kier molecular flexibility index (Phi) is 1.64. The molecule has 1 aromatic rings. The molecule has 8 heavy (non-hydrogen) atoms. The molecule has 0 bridgehead atoms. The molecule has 0 saturated carbocycles. The highest BCUT2D eigenvalue weighted by molar-refractivity contribution is 7.63. The van der Waals surface area contributed by atoms with Gasteiger partial charge in [0.1, 0.15) is 0 Å². The van der Waals surface area contributed by atoms with Crippen LogP contribution >= 0.6 is 7.92 Å². The van der Waals surface area contributed by atoms with Crippen LogP contribution in [0.5, 0.6) is 0 Å². The smallest absolute Gasteiger partial charge is 0.0574 e. The maximum absolute atomic E-state index is 3.83. The highest BCUT2D eigenvalue weighted by atomic mass is 31.1. The van der Waals surface area contributed by atoms with E-state index in [1.165, 1.54) is 5.44 Å². The molecule has 1 rings (SSSR count). The summed E-state index contributed by atoms with van der Waals surface area (Å²) in [5.74, 6) is 0. The van der Waals surface area contributed by atoms with Crippen molar-refractivity contribution in [3.8, 4) is 0 Å². The Morgan fingerprint density at radius 1 is 1.62 bits per heavy atom. The van der Waals surface area contributed by atoms with Crippen LogP contribution in [0.25, 0.3) is 0 Å². The standard InChI is InChI=1S/C5H9N2P/c1-8(2)5-3-4-6-7-5/h3-4H,1-2H3,(H,6,7). The lowest BCUT2D eigenvalue weighted by molar-refractivity contribution is 1.11. The lowest BCUT2D eigenvalue weighted by Crippen LogP contribution is -1.98. The van der Waals surface area contributed by atoms with Crippen LogP contribution < -0.4 is 5.44 Å². The van der Waals surface area contributed by atoms with Gasteiger partial charge in [-0.3, -0.25) is 5.10 Å². The summed E-state index contributed by atoms with van der Waals surface area (Å²) < 4.78 is 0. The van der Waals surface area contributed by atoms with Crippen molar-refractivity contribution in [1.82, 2.24) is 10.2 Å². The molecular weight excluding hydrogens is 119 g/mol. The number of hydrogen-bond acceptors (Lipinski definition) is 1. The van der Waals surface area contributed by atoms with E-state index >= 15 is 0 Å². The number of hydrogen-bond donors (Lipinski definition) is 1. The van der Waals surface area contributed by atoms with Crippen LogP contribution in [0.3, 0.4) is 0 Å². The van der Waals surface area contributed by atoms with Crippen molar-refractivity contribution >= 4 is 13.4 Å². The fraction of sp³-hybridized carbons (Fsp3) is 0.400. The normalized spacial score (nSPS) is 10.4. The summed E-state index contributed by atoms with van der Waals surface area (Å²) >= 11 is 0. The summed E-state index contributed by atoms with van der Waals surface area (Å²) in [7, 11) is 0.0234. The summed E-state index contributed by atoms with van der Waals surface area (Å²) in [5.41, 5.74) is 1.26. The van der Waals surface area contributed by atoms with Gasteiger partial charge in [0.15, 0.2) is 0 Å². The molecule has 44 valence electrons. The van der Waals surface area contributed by atoms with Crippen LogP contribution in [0.15, 0.2) is 12.3 Å². The van der Waals surface area contributed by atoms with Crippen molar-refractivity contribution < 1.29 is 0 Å². The molecule has 0 radical (unpaired) electrons. The topological polar surface area (TPSA) is 28.7 Å². The molecule has 0 fully saturated rings. The Hall–Kier alpha value is -0.360. The predicted molar refractivity (Wildman–Crippen MR) is 37.0 cm³/mol. The van der Waals surface area contributed by atoms with Crippen LogP contribution in [0.2, 0.25) is 0 Å². The van der Waals surface area contributed by atoms with Gasteiger partial charge in [0, 0.05) is 6.20 Å². The molecule has 0 amide bonds. The van der Waals surface area contributed by atoms with Crippen LogP contribution in [0, 0.1) is 0 Å². The van der Waals surface area contributed by atoms with Crippen molar-refractivity contribution in [3.05, 3.63) is 12.3 Å². The maximum Gasteiger partial charge on any atom is 0.0574 e. The van der Waals surface area contributed by atoms with Crippen molar-refractivity contribution in [3.63, 3.8) is 0 Å². The van der Waals surface area contributed by atoms with E-state index < -0.39 is 0 Å². The average molecular weight is 128 g/mol. The third-order valence-electron chi connectivity index (χ3n) is 0.968. The zero-order chi connectivity index (χ0) is 5.98. The first-order chi connectivity index (χ1) is 3.80. The molecule has 1 N–H and O–H groups in total. The summed E-state index contributed by atoms with van der Waals surface area (Å²) in [6.45, 7) is 4.39. The van der Waals surface area contributed by atoms with E-state index in [9.17, 15) is 0 Å². The minimum absolute atomic E-state index is 0.0234. The van der Waals surface area contributed by atoms with E-state index in [-0.39, 0.29) is 7.92 Å². The van der Waals surface area contributed by atoms with E-state index in [0.717, 1.165) is 0 Å². The molecule has 0 aliphatic heterocycles. The number of nitrogens with one attached hydrogen (secondary N) is 1. The van der Waals surface area contributed by atoms with Gasteiger partial charge >= 0.3 is 0 Å². The van der Waals surface area contributed by atoms with Gasteiger partial charge in [0.05, 0.1) is 5.44 Å². The quantitative estimate of drug-likeness (QED) is 0.556. The second-order valence-electron chi connectivity index (χ2n) is 1.84. The van der Waals surface area contributed by atoms with Gasteiger partial charge < -0.3 is 0 Å². The fourth-order valence-corrected chi connectivity index (χ4v) is 1.12. The Bertz CT molecular complexity index is 145. The number of nitrogens with zero attached hydrogens (tertiary/aromatic N) is 1. The van der Waals surface area contributed by atoms with Gasteiger partial charge in [-0.1, -0.05) is 7.92 Å². The SMILES string of the molecule is CP(C)c1ccn[nH]1. The molecule has 0 aliphatic carbocycles. The van der Waals surface area contributed by atoms with Crippen molar-refractivity contribution in [2.45, 2.75) is 0 Å². The average Bonchev–Trinajstić information content (AvgIpc) is 2.12. The molecular formula is C5H9N2P. The van der Waals surface area contributed by atoms with E-state index in [0.29, 0.717) is 0 Å². The Morgan fingerprint density at radius 2 is 2.38 bits per heavy atom. The van der Waals surface area contributed by atoms with Crippen LogP contribution in [0.4, 0.5) is 0 Å². The fourth-order valence-electron chi connectivity index (χ4n) is 0.498. The van der Waals surface area contributed by atoms with Gasteiger partial charge in [-0.25, -0.2) is 0 Å². The zero-order valence-electron chi connectivity index (χ0n) is 5.05. The van der Waals surface area contributed by atoms with Crippen molar-refractivity contribution in [2.75, 3.05) is 13.3 Å². The minimum atomic E-state index is 0.0234. The Balaban J connectivity index is 2.77. The highest BCUT2D eigenvalue weighted by Gasteiger charge is 1.95. The minimum Gasteiger partial charge on any atom is -0.278 e. The molecule has 2 nitrogen and oxygen atoms in total. The molecule has 0 saturated heterocycles. The first-order valence-corrected chi connectivity index (χ1v) is 4.71. The lowest BCUT2D eigenvalue weighted by Gasteiger charge is -1.96. The molecule has 0 aliphatic rings. The van der Waals surface area contributed by atoms with Gasteiger partial charge in [-0.15, -0.1) is 0 Å². The molecule has 1 heterocycles. The second-order valence-corrected chi connectivity index (χ2v) is 4.11. The van der Waals surface area contributed by atoms with Crippen molar-refractivity contribution in [2.24, 2.45) is 0 Å². The third-order valence-corrected chi connectivity index (χ3v) is 2.18. The number of aromatic nitrogens is 2. The maximum atomic E-state index is 3.83. The van der Waals surface area contributed by atoms with Gasteiger partial charge in [-0.05, 0) is 19.4 Å². The molecule has 0 aromatic carbocycles. The number of rotatable bonds is 1. The Labute approximate surface area is 50.1 Å². The molecule has 0 spiro atoms. The molecule has 1 aromatic heterocycles. The van der Waals surface area contributed by atoms with Gasteiger partial charge in [0.25, 0.3) is 0 Å². The van der Waals surface area contributed by atoms with Gasteiger partial charge in [0.2, 0.25) is 0 Å². The summed E-state index contributed by atoms with van der Waals surface area (Å²) in [6, 6.07) is 2.02. The van der Waals surface area contributed by atoms with Crippen LogP contribution in [0.1, 0.15) is 0 Å². The largest absolute Gasteiger partial charge is 0.278 e. The lowest BCUT2D eigenvalue weighted by atomic mass is 10.8. The van der Waals surface area contributed by atoms with E-state index in [1.807, 2.05) is 6.07 Å². The van der Waals surface area contributed by atoms with E-state index in [2.05, 4.69) is 23.5 Å².